The van der Waals surface area contributed by atoms with Crippen LogP contribution in [0.5, 0.6) is 0 Å². The fraction of sp³-hybridized carbons (Fsp3) is 0.275. The summed E-state index contributed by atoms with van der Waals surface area (Å²) < 4.78 is 55.2. The van der Waals surface area contributed by atoms with Crippen LogP contribution in [-0.2, 0) is 33.4 Å². The maximum Gasteiger partial charge on any atom is 0.416 e. The van der Waals surface area contributed by atoms with E-state index in [9.17, 15) is 22.8 Å². The molecule has 4 aliphatic rings. The molecule has 6 atom stereocenters. The normalized spacial score (nSPS) is 21.5. The van der Waals surface area contributed by atoms with E-state index in [0.717, 1.165) is 56.8 Å². The molecule has 3 fully saturated rings. The number of fused-ring (bicyclic) bond motifs is 7. The third kappa shape index (κ3) is 8.04. The van der Waals surface area contributed by atoms with Crippen molar-refractivity contribution < 1.29 is 36.7 Å². The number of benzene rings is 5. The molecule has 5 aromatic carbocycles. The monoisotopic (exact) mass is 822 g/mol. The van der Waals surface area contributed by atoms with E-state index < -0.39 is 35.9 Å². The predicted molar refractivity (Wildman–Crippen MR) is 228 cm³/mol. The molecule has 3 saturated heterocycles. The molecule has 10 rings (SSSR count). The number of alkyl carbamates (subject to hydrolysis) is 1. The quantitative estimate of drug-likeness (QED) is 0.0756. The molecule has 1 amide bonds. The summed E-state index contributed by atoms with van der Waals surface area (Å²) in [5.41, 5.74) is 6.51. The van der Waals surface area contributed by atoms with Crippen LogP contribution >= 0.6 is 0 Å². The molecule has 4 heterocycles. The van der Waals surface area contributed by atoms with Crippen LogP contribution in [0.2, 0.25) is 0 Å². The number of nitrogens with one attached hydrogen (secondary N) is 1. The third-order valence-corrected chi connectivity index (χ3v) is 13.2. The lowest BCUT2D eigenvalue weighted by atomic mass is 9.71. The molecule has 10 heteroatoms. The lowest BCUT2D eigenvalue weighted by Gasteiger charge is -2.58. The van der Waals surface area contributed by atoms with Gasteiger partial charge < -0.3 is 19.3 Å². The Balaban J connectivity index is 1.05. The van der Waals surface area contributed by atoms with Gasteiger partial charge in [0.2, 0.25) is 0 Å². The molecule has 1 aromatic heterocycles. The van der Waals surface area contributed by atoms with Crippen LogP contribution < -0.4 is 5.32 Å². The molecule has 3 aliphatic heterocycles. The van der Waals surface area contributed by atoms with E-state index in [1.807, 2.05) is 103 Å². The van der Waals surface area contributed by atoms with Crippen LogP contribution in [0.25, 0.3) is 22.0 Å². The second kappa shape index (κ2) is 16.7. The highest BCUT2D eigenvalue weighted by molar-refractivity contribution is 5.85. The minimum Gasteiger partial charge on any atom is -0.450 e. The Kier molecular flexibility index (Phi) is 11.0. The number of piperidine rings is 3. The van der Waals surface area contributed by atoms with E-state index in [4.69, 9.17) is 9.47 Å². The summed E-state index contributed by atoms with van der Waals surface area (Å²) in [5.74, 6) is -0.419. The zero-order valence-corrected chi connectivity index (χ0v) is 33.6. The van der Waals surface area contributed by atoms with Crippen molar-refractivity contribution in [1.82, 2.24) is 10.3 Å². The molecule has 1 unspecified atom stereocenters. The van der Waals surface area contributed by atoms with E-state index in [0.29, 0.717) is 36.1 Å². The Bertz CT molecular complexity index is 2530. The largest absolute Gasteiger partial charge is 0.450 e. The molecule has 1 aliphatic carbocycles. The molecule has 2 bridgehead atoms. The number of rotatable bonds is 12. The smallest absolute Gasteiger partial charge is 0.416 e. The van der Waals surface area contributed by atoms with Crippen LogP contribution in [0.1, 0.15) is 58.2 Å². The Morgan fingerprint density at radius 2 is 1.54 bits per heavy atom. The van der Waals surface area contributed by atoms with E-state index >= 15 is 0 Å². The van der Waals surface area contributed by atoms with Gasteiger partial charge in [0.05, 0.1) is 24.2 Å². The van der Waals surface area contributed by atoms with E-state index in [1.165, 1.54) is 12.1 Å². The molecule has 0 spiro atoms. The summed E-state index contributed by atoms with van der Waals surface area (Å²) in [6, 6.07) is 39.3. The van der Waals surface area contributed by atoms with Crippen LogP contribution in [0.3, 0.4) is 0 Å². The number of halogens is 3. The Morgan fingerprint density at radius 1 is 0.852 bits per heavy atom. The molecular weight excluding hydrogens is 776 g/mol. The minimum absolute atomic E-state index is 0.0715. The molecule has 1 N–H and O–H groups in total. The first-order valence-corrected chi connectivity index (χ1v) is 20.9. The summed E-state index contributed by atoms with van der Waals surface area (Å²) in [5, 5.41) is 3.69. The van der Waals surface area contributed by atoms with Crippen LogP contribution in [0, 0.1) is 11.8 Å². The number of carbonyl (C=O) groups excluding carboxylic acids is 2. The zero-order valence-electron chi connectivity index (χ0n) is 33.6. The number of ether oxygens (including phenoxy) is 2. The maximum atomic E-state index is 14.9. The second-order valence-corrected chi connectivity index (χ2v) is 16.7. The third-order valence-electron chi connectivity index (χ3n) is 13.2. The van der Waals surface area contributed by atoms with Gasteiger partial charge in [-0.25, -0.2) is 9.59 Å². The van der Waals surface area contributed by atoms with Gasteiger partial charge in [0.25, 0.3) is 0 Å². The number of hydrogen-bond donors (Lipinski definition) is 1. The number of quaternary nitrogens is 1. The molecule has 7 nitrogen and oxygen atoms in total. The summed E-state index contributed by atoms with van der Waals surface area (Å²) in [4.78, 5) is 33.4. The summed E-state index contributed by atoms with van der Waals surface area (Å²) in [7, 11) is 0. The molecular formula is C51H47F3N3O4+. The molecule has 61 heavy (non-hydrogen) atoms. The van der Waals surface area contributed by atoms with E-state index in [2.05, 4.69) is 29.0 Å². The zero-order chi connectivity index (χ0) is 42.1. The first kappa shape index (κ1) is 40.2. The first-order valence-electron chi connectivity index (χ1n) is 20.9. The number of para-hydroxylation sites is 1. The van der Waals surface area contributed by atoms with Crippen LogP contribution in [-0.4, -0.2) is 53.3 Å². The number of amides is 1. The van der Waals surface area contributed by atoms with Crippen molar-refractivity contribution in [3.63, 3.8) is 0 Å². The van der Waals surface area contributed by atoms with Gasteiger partial charge in [-0.05, 0) is 58.0 Å². The minimum atomic E-state index is -4.49. The van der Waals surface area contributed by atoms with Gasteiger partial charge in [-0.3, -0.25) is 4.98 Å². The number of pyridine rings is 1. The highest BCUT2D eigenvalue weighted by atomic mass is 19.4. The van der Waals surface area contributed by atoms with Crippen molar-refractivity contribution in [3.8, 4) is 11.1 Å². The van der Waals surface area contributed by atoms with Crippen molar-refractivity contribution in [2.24, 2.45) is 11.8 Å². The van der Waals surface area contributed by atoms with Crippen LogP contribution in [0.4, 0.5) is 18.0 Å². The van der Waals surface area contributed by atoms with Crippen molar-refractivity contribution in [2.75, 3.05) is 19.7 Å². The van der Waals surface area contributed by atoms with Crippen molar-refractivity contribution in [1.29, 1.82) is 0 Å². The van der Waals surface area contributed by atoms with E-state index in [1.54, 1.807) is 12.3 Å². The topological polar surface area (TPSA) is 77.5 Å². The average Bonchev–Trinajstić information content (AvgIpc) is 3.60. The number of aromatic nitrogens is 1. The van der Waals surface area contributed by atoms with Gasteiger partial charge in [0.15, 0.2) is 6.10 Å². The van der Waals surface area contributed by atoms with E-state index in [-0.39, 0.29) is 36.8 Å². The number of esters is 1. The summed E-state index contributed by atoms with van der Waals surface area (Å²) >= 11 is 0. The summed E-state index contributed by atoms with van der Waals surface area (Å²) in [6.45, 7) is 5.87. The second-order valence-electron chi connectivity index (χ2n) is 16.7. The van der Waals surface area contributed by atoms with Gasteiger partial charge >= 0.3 is 18.2 Å². The molecule has 310 valence electrons. The first-order chi connectivity index (χ1) is 29.6. The molecule has 0 radical (unpaired) electrons. The number of alkyl halides is 3. The Hall–Kier alpha value is -6.26. The van der Waals surface area contributed by atoms with Crippen molar-refractivity contribution in [2.45, 2.75) is 56.1 Å². The van der Waals surface area contributed by atoms with Crippen molar-refractivity contribution >= 4 is 23.0 Å². The number of hydrogen-bond acceptors (Lipinski definition) is 5. The molecule has 0 saturated carbocycles. The van der Waals surface area contributed by atoms with Crippen LogP contribution in [0.15, 0.2) is 152 Å². The fourth-order valence-electron chi connectivity index (χ4n) is 10.3. The fourth-order valence-corrected chi connectivity index (χ4v) is 10.3. The number of nitrogens with zero attached hydrogens (tertiary/aromatic N) is 2. The number of carbonyl (C=O) groups is 2. The summed E-state index contributed by atoms with van der Waals surface area (Å²) in [6.07, 6.45) is -0.724. The average molecular weight is 823 g/mol. The van der Waals surface area contributed by atoms with Gasteiger partial charge in [-0.2, -0.15) is 13.2 Å². The van der Waals surface area contributed by atoms with Gasteiger partial charge in [0, 0.05) is 53.8 Å². The highest BCUT2D eigenvalue weighted by Crippen LogP contribution is 2.50. The predicted octanol–water partition coefficient (Wildman–Crippen LogP) is 10.6. The van der Waals surface area contributed by atoms with Gasteiger partial charge in [-0.15, -0.1) is 6.58 Å². The SMILES string of the molecule is C=C[C@H]1C[N+]2(Cc3cccc(C(F)(F)F)c3)CC[C@H]1C[C@@H]2[C@@H](OC(=O)[C@@H](Cc1ccccc1)NC(=O)OCC1c2ccccc2-c2ccccc21)c1ccnc2ccccc12. The Labute approximate surface area is 353 Å². The lowest BCUT2D eigenvalue weighted by molar-refractivity contribution is -0.984. The molecule has 6 aromatic rings. The lowest BCUT2D eigenvalue weighted by Crippen LogP contribution is -2.68. The Morgan fingerprint density at radius 3 is 2.28 bits per heavy atom. The highest BCUT2D eigenvalue weighted by Gasteiger charge is 2.55. The maximum absolute atomic E-state index is 14.9. The van der Waals surface area contributed by atoms with Gasteiger partial charge in [0.1, 0.15) is 25.2 Å². The standard InChI is InChI=1S/C51H46F3N3O4/c1-2-35-31-57(30-34-15-12-16-37(27-34)51(52,53)54)26-24-36(35)29-47(57)48(43-23-25-55-45-22-11-10-21-42(43)45)61-49(58)46(28-33-13-4-3-5-14-33)56-50(59)60-32-44-40-19-8-6-17-38(40)39-18-7-9-20-41(39)44/h2-23,25,27,35-36,44,46-48H,1,24,26,28-32H2/p+1/t35-,36-,46+,47+,48-,57?/m0/s1. The van der Waals surface area contributed by atoms with Gasteiger partial charge in [-0.1, -0.05) is 115 Å². The van der Waals surface area contributed by atoms with Crippen molar-refractivity contribution in [3.05, 3.63) is 186 Å².